The average Bonchev–Trinajstić information content (AvgIpc) is 2.59. The molecule has 26 heavy (non-hydrogen) atoms. The van der Waals surface area contributed by atoms with Crippen LogP contribution in [-0.2, 0) is 11.2 Å². The molecule has 0 saturated heterocycles. The zero-order chi connectivity index (χ0) is 18.8. The lowest BCUT2D eigenvalue weighted by molar-refractivity contribution is -0.121. The number of rotatable bonds is 4. The minimum Gasteiger partial charge on any atom is -0.348 e. The van der Waals surface area contributed by atoms with Gasteiger partial charge in [-0.05, 0) is 43.7 Å². The maximum Gasteiger partial charge on any atom is 0.252 e. The zero-order valence-corrected chi connectivity index (χ0v) is 14.3. The Morgan fingerprint density at radius 3 is 2.73 bits per heavy atom. The molecule has 3 rings (SSSR count). The molecule has 0 spiro atoms. The fourth-order valence-electron chi connectivity index (χ4n) is 2.91. The van der Waals surface area contributed by atoms with Gasteiger partial charge < -0.3 is 10.3 Å². The molecule has 1 atom stereocenters. The normalized spacial score (nSPS) is 12.2. The lowest BCUT2D eigenvalue weighted by atomic mass is 10.0. The summed E-state index contributed by atoms with van der Waals surface area (Å²) in [6.45, 7) is 3.32. The predicted octanol–water partition coefficient (Wildman–Crippen LogP) is 2.93. The van der Waals surface area contributed by atoms with Gasteiger partial charge in [-0.3, -0.25) is 14.6 Å². The van der Waals surface area contributed by atoms with Gasteiger partial charge in [0.15, 0.2) is 0 Å². The molecule has 1 aromatic carbocycles. The van der Waals surface area contributed by atoms with Crippen LogP contribution in [0.3, 0.4) is 0 Å². The first kappa shape index (κ1) is 17.7. The third kappa shape index (κ3) is 3.46. The second-order valence-electron chi connectivity index (χ2n) is 6.09. The highest BCUT2D eigenvalue weighted by Crippen LogP contribution is 2.21. The smallest absolute Gasteiger partial charge is 0.252 e. The van der Waals surface area contributed by atoms with Gasteiger partial charge in [0.25, 0.3) is 5.56 Å². The quantitative estimate of drug-likeness (QED) is 0.754. The first-order valence-corrected chi connectivity index (χ1v) is 8.07. The van der Waals surface area contributed by atoms with Crippen LogP contribution in [0.5, 0.6) is 0 Å². The van der Waals surface area contributed by atoms with Crippen LogP contribution in [0.1, 0.15) is 29.8 Å². The molecule has 134 valence electrons. The fourth-order valence-corrected chi connectivity index (χ4v) is 2.91. The van der Waals surface area contributed by atoms with Crippen LogP contribution in [0.25, 0.3) is 10.9 Å². The maximum atomic E-state index is 14.1. The van der Waals surface area contributed by atoms with Crippen molar-refractivity contribution < 1.29 is 13.6 Å². The third-order valence-corrected chi connectivity index (χ3v) is 4.27. The summed E-state index contributed by atoms with van der Waals surface area (Å²) in [5.41, 5.74) is 1.10. The van der Waals surface area contributed by atoms with Crippen LogP contribution in [0.4, 0.5) is 8.78 Å². The van der Waals surface area contributed by atoms with E-state index < -0.39 is 29.1 Å². The van der Waals surface area contributed by atoms with Crippen LogP contribution in [0.2, 0.25) is 0 Å². The van der Waals surface area contributed by atoms with E-state index in [-0.39, 0.29) is 12.0 Å². The molecule has 0 aliphatic heterocycles. The Balaban J connectivity index is 1.84. The van der Waals surface area contributed by atoms with Gasteiger partial charge in [0.2, 0.25) is 5.91 Å². The summed E-state index contributed by atoms with van der Waals surface area (Å²) >= 11 is 0. The molecule has 0 unspecified atom stereocenters. The minimum atomic E-state index is -0.465. The number of halogens is 2. The van der Waals surface area contributed by atoms with Crippen molar-refractivity contribution in [3.8, 4) is 0 Å². The maximum absolute atomic E-state index is 14.1. The van der Waals surface area contributed by atoms with E-state index in [0.717, 1.165) is 6.20 Å². The molecule has 0 saturated carbocycles. The van der Waals surface area contributed by atoms with E-state index in [1.54, 1.807) is 19.9 Å². The number of nitrogens with zero attached hydrogens (tertiary/aromatic N) is 1. The molecular formula is C19H17F2N3O2. The van der Waals surface area contributed by atoms with Crippen molar-refractivity contribution in [2.24, 2.45) is 0 Å². The van der Waals surface area contributed by atoms with Crippen molar-refractivity contribution in [3.05, 3.63) is 75.3 Å². The number of H-pyrrole nitrogens is 1. The molecule has 0 bridgehead atoms. The van der Waals surface area contributed by atoms with E-state index in [2.05, 4.69) is 15.3 Å². The SMILES string of the molecule is Cc1c(CC(=O)N[C@@H](C)c2ccc(F)cn2)c(=O)[nH]c2cccc(F)c12. The van der Waals surface area contributed by atoms with Crippen LogP contribution in [0.15, 0.2) is 41.3 Å². The highest BCUT2D eigenvalue weighted by Gasteiger charge is 2.17. The first-order chi connectivity index (χ1) is 12.4. The van der Waals surface area contributed by atoms with Gasteiger partial charge in [-0.2, -0.15) is 0 Å². The fraction of sp³-hybridized carbons (Fsp3) is 0.211. The van der Waals surface area contributed by atoms with E-state index in [9.17, 15) is 18.4 Å². The number of pyridine rings is 2. The molecule has 3 aromatic rings. The number of nitrogens with one attached hydrogen (secondary N) is 2. The number of carbonyl (C=O) groups excluding carboxylic acids is 1. The number of aromatic amines is 1. The van der Waals surface area contributed by atoms with Gasteiger partial charge in [0.1, 0.15) is 11.6 Å². The Bertz CT molecular complexity index is 1030. The van der Waals surface area contributed by atoms with Crippen LogP contribution >= 0.6 is 0 Å². The summed E-state index contributed by atoms with van der Waals surface area (Å²) in [4.78, 5) is 31.1. The monoisotopic (exact) mass is 357 g/mol. The molecule has 2 aromatic heterocycles. The van der Waals surface area contributed by atoms with E-state index >= 15 is 0 Å². The first-order valence-electron chi connectivity index (χ1n) is 8.07. The number of amides is 1. The van der Waals surface area contributed by atoms with E-state index in [4.69, 9.17) is 0 Å². The van der Waals surface area contributed by atoms with Crippen molar-refractivity contribution in [3.63, 3.8) is 0 Å². The number of benzene rings is 1. The topological polar surface area (TPSA) is 74.8 Å². The number of aryl methyl sites for hydroxylation is 1. The van der Waals surface area contributed by atoms with Crippen LogP contribution < -0.4 is 10.9 Å². The van der Waals surface area contributed by atoms with E-state index in [0.29, 0.717) is 22.2 Å². The summed E-state index contributed by atoms with van der Waals surface area (Å²) in [5, 5.41) is 3.01. The molecule has 2 N–H and O–H groups in total. The predicted molar refractivity (Wildman–Crippen MR) is 93.7 cm³/mol. The molecule has 7 heteroatoms. The Hall–Kier alpha value is -3.09. The zero-order valence-electron chi connectivity index (χ0n) is 14.3. The van der Waals surface area contributed by atoms with Crippen molar-refractivity contribution in [2.45, 2.75) is 26.3 Å². The van der Waals surface area contributed by atoms with Crippen molar-refractivity contribution in [1.82, 2.24) is 15.3 Å². The van der Waals surface area contributed by atoms with E-state index in [1.165, 1.54) is 24.3 Å². The number of hydrogen-bond acceptors (Lipinski definition) is 3. The van der Waals surface area contributed by atoms with Gasteiger partial charge in [-0.25, -0.2) is 8.78 Å². The molecule has 0 aliphatic rings. The van der Waals surface area contributed by atoms with Gasteiger partial charge in [-0.1, -0.05) is 6.07 Å². The average molecular weight is 357 g/mol. The van der Waals surface area contributed by atoms with E-state index in [1.807, 2.05) is 0 Å². The number of fused-ring (bicyclic) bond motifs is 1. The second-order valence-corrected chi connectivity index (χ2v) is 6.09. The van der Waals surface area contributed by atoms with Crippen molar-refractivity contribution in [1.29, 1.82) is 0 Å². The van der Waals surface area contributed by atoms with Crippen molar-refractivity contribution >= 4 is 16.8 Å². The van der Waals surface area contributed by atoms with Gasteiger partial charge >= 0.3 is 0 Å². The molecular weight excluding hydrogens is 340 g/mol. The second kappa shape index (κ2) is 7.03. The highest BCUT2D eigenvalue weighted by molar-refractivity contribution is 5.86. The number of hydrogen-bond donors (Lipinski definition) is 2. The molecule has 1 amide bonds. The highest BCUT2D eigenvalue weighted by atomic mass is 19.1. The Morgan fingerprint density at radius 1 is 1.27 bits per heavy atom. The number of aromatic nitrogens is 2. The summed E-state index contributed by atoms with van der Waals surface area (Å²) in [5.74, 6) is -1.33. The lowest BCUT2D eigenvalue weighted by Crippen LogP contribution is -2.31. The molecule has 2 heterocycles. The largest absolute Gasteiger partial charge is 0.348 e. The molecule has 0 fully saturated rings. The van der Waals surface area contributed by atoms with Gasteiger partial charge in [0, 0.05) is 10.9 Å². The standard InChI is InChI=1S/C19H17F2N3O2/c1-10-13(19(26)24-16-5-3-4-14(21)18(10)16)8-17(25)23-11(2)15-7-6-12(20)9-22-15/h3-7,9,11H,8H2,1-2H3,(H,23,25)(H,24,26)/t11-/m0/s1. The number of carbonyl (C=O) groups is 1. The molecule has 0 aliphatic carbocycles. The Morgan fingerprint density at radius 2 is 2.04 bits per heavy atom. The summed E-state index contributed by atoms with van der Waals surface area (Å²) < 4.78 is 27.0. The van der Waals surface area contributed by atoms with Crippen LogP contribution in [0, 0.1) is 18.6 Å². The lowest BCUT2D eigenvalue weighted by Gasteiger charge is -2.14. The Kier molecular flexibility index (Phi) is 4.79. The van der Waals surface area contributed by atoms with Gasteiger partial charge in [0.05, 0.1) is 29.9 Å². The minimum absolute atomic E-state index is 0.197. The summed E-state index contributed by atoms with van der Waals surface area (Å²) in [7, 11) is 0. The summed E-state index contributed by atoms with van der Waals surface area (Å²) in [6.07, 6.45) is 0.871. The summed E-state index contributed by atoms with van der Waals surface area (Å²) in [6, 6.07) is 6.70. The van der Waals surface area contributed by atoms with Crippen molar-refractivity contribution in [2.75, 3.05) is 0 Å². The Labute approximate surface area is 148 Å². The third-order valence-electron chi connectivity index (χ3n) is 4.27. The van der Waals surface area contributed by atoms with Gasteiger partial charge in [-0.15, -0.1) is 0 Å². The van der Waals surface area contributed by atoms with Crippen LogP contribution in [-0.4, -0.2) is 15.9 Å². The molecule has 5 nitrogen and oxygen atoms in total. The molecule has 0 radical (unpaired) electrons.